The average molecular weight is 422 g/mol. The van der Waals surface area contributed by atoms with E-state index >= 15 is 0 Å². The number of hydrogen-bond acceptors (Lipinski definition) is 5. The Kier molecular flexibility index (Phi) is 5.55. The number of aromatic hydroxyl groups is 1. The quantitative estimate of drug-likeness (QED) is 0.426. The normalized spacial score (nSPS) is 11.3. The Morgan fingerprint density at radius 2 is 2.00 bits per heavy atom. The molecule has 0 bridgehead atoms. The van der Waals surface area contributed by atoms with Crippen LogP contribution >= 0.6 is 11.3 Å². The smallest absolute Gasteiger partial charge is 0.267 e. The number of anilines is 1. The van der Waals surface area contributed by atoms with Crippen molar-refractivity contribution in [3.8, 4) is 5.75 Å². The van der Waals surface area contributed by atoms with Gasteiger partial charge in [0.05, 0.1) is 15.7 Å². The van der Waals surface area contributed by atoms with Crippen LogP contribution in [-0.4, -0.2) is 20.6 Å². The highest BCUT2D eigenvalue weighted by Crippen LogP contribution is 2.29. The molecule has 0 aliphatic rings. The summed E-state index contributed by atoms with van der Waals surface area (Å²) in [5.41, 5.74) is 1.77. The zero-order valence-electron chi connectivity index (χ0n) is 16.9. The number of unbranched alkanes of at least 4 members (excludes halogenated alkanes) is 2. The number of carbonyl (C=O) groups excluding carboxylic acids is 1. The van der Waals surface area contributed by atoms with Gasteiger partial charge in [-0.3, -0.25) is 14.9 Å². The second-order valence-electron chi connectivity index (χ2n) is 7.35. The van der Waals surface area contributed by atoms with Gasteiger partial charge in [0.25, 0.3) is 11.5 Å². The number of amides is 1. The van der Waals surface area contributed by atoms with Crippen LogP contribution in [0.5, 0.6) is 5.75 Å². The Morgan fingerprint density at radius 1 is 1.20 bits per heavy atom. The summed E-state index contributed by atoms with van der Waals surface area (Å²) in [6.07, 6.45) is 2.83. The highest BCUT2D eigenvalue weighted by Gasteiger charge is 2.23. The van der Waals surface area contributed by atoms with E-state index in [1.54, 1.807) is 22.8 Å². The lowest BCUT2D eigenvalue weighted by Crippen LogP contribution is -2.30. The molecule has 2 aromatic carbocycles. The van der Waals surface area contributed by atoms with Crippen LogP contribution in [0, 0.1) is 6.92 Å². The molecule has 154 valence electrons. The molecule has 0 fully saturated rings. The van der Waals surface area contributed by atoms with Crippen molar-refractivity contribution in [2.75, 3.05) is 5.32 Å². The molecule has 0 aliphatic carbocycles. The number of rotatable bonds is 6. The van der Waals surface area contributed by atoms with E-state index < -0.39 is 11.5 Å². The highest BCUT2D eigenvalue weighted by atomic mass is 32.1. The van der Waals surface area contributed by atoms with Crippen LogP contribution in [0.25, 0.3) is 21.1 Å². The molecule has 0 aliphatic heterocycles. The third-order valence-electron chi connectivity index (χ3n) is 5.12. The molecule has 2 N–H and O–H groups in total. The third kappa shape index (κ3) is 3.68. The maximum atomic E-state index is 13.2. The van der Waals surface area contributed by atoms with Crippen LogP contribution in [-0.2, 0) is 6.54 Å². The molecule has 4 rings (SSSR count). The number of para-hydroxylation sites is 1. The standard InChI is InChI=1S/C23H23N3O3S/c1-3-4-7-12-26-17-9-6-5-8-15(17)20(27)19(22(26)29)21(28)25-23-24-16-11-10-14(2)13-18(16)30-23/h5-6,8-11,13,27H,3-4,7,12H2,1-2H3,(H,24,25,28). The molecular weight excluding hydrogens is 398 g/mol. The largest absolute Gasteiger partial charge is 0.506 e. The molecule has 0 saturated carbocycles. The Labute approximate surface area is 177 Å². The van der Waals surface area contributed by atoms with Crippen molar-refractivity contribution >= 4 is 43.5 Å². The van der Waals surface area contributed by atoms with Crippen molar-refractivity contribution < 1.29 is 9.90 Å². The summed E-state index contributed by atoms with van der Waals surface area (Å²) < 4.78 is 2.53. The number of fused-ring (bicyclic) bond motifs is 2. The van der Waals surface area contributed by atoms with Gasteiger partial charge >= 0.3 is 0 Å². The van der Waals surface area contributed by atoms with Crippen LogP contribution < -0.4 is 10.9 Å². The average Bonchev–Trinajstić information content (AvgIpc) is 3.11. The lowest BCUT2D eigenvalue weighted by atomic mass is 10.1. The van der Waals surface area contributed by atoms with Crippen LogP contribution in [0.3, 0.4) is 0 Å². The fraction of sp³-hybridized carbons (Fsp3) is 0.261. The number of nitrogens with zero attached hydrogens (tertiary/aromatic N) is 2. The summed E-state index contributed by atoms with van der Waals surface area (Å²) in [7, 11) is 0. The van der Waals surface area contributed by atoms with Gasteiger partial charge in [-0.2, -0.15) is 0 Å². The van der Waals surface area contributed by atoms with E-state index in [2.05, 4.69) is 17.2 Å². The fourth-order valence-electron chi connectivity index (χ4n) is 3.58. The Bertz CT molecular complexity index is 1310. The van der Waals surface area contributed by atoms with Crippen LogP contribution in [0.15, 0.2) is 47.3 Å². The van der Waals surface area contributed by atoms with Crippen molar-refractivity contribution in [1.29, 1.82) is 0 Å². The predicted molar refractivity (Wildman–Crippen MR) is 122 cm³/mol. The summed E-state index contributed by atoms with van der Waals surface area (Å²) in [5, 5.41) is 14.3. The molecule has 30 heavy (non-hydrogen) atoms. The second-order valence-corrected chi connectivity index (χ2v) is 8.38. The molecule has 7 heteroatoms. The number of carbonyl (C=O) groups is 1. The van der Waals surface area contributed by atoms with Crippen molar-refractivity contribution in [1.82, 2.24) is 9.55 Å². The van der Waals surface area contributed by atoms with Crippen LogP contribution in [0.1, 0.15) is 42.1 Å². The molecule has 0 spiro atoms. The van der Waals surface area contributed by atoms with Crippen LogP contribution in [0.2, 0.25) is 0 Å². The molecule has 0 saturated heterocycles. The first kappa shape index (κ1) is 20.1. The van der Waals surface area contributed by atoms with Crippen molar-refractivity contribution in [2.45, 2.75) is 39.7 Å². The Balaban J connectivity index is 1.76. The van der Waals surface area contributed by atoms with Crippen LogP contribution in [0.4, 0.5) is 5.13 Å². The first-order valence-corrected chi connectivity index (χ1v) is 10.8. The van der Waals surface area contributed by atoms with E-state index in [0.29, 0.717) is 22.6 Å². The van der Waals surface area contributed by atoms with E-state index in [-0.39, 0.29) is 11.3 Å². The molecular formula is C23H23N3O3S. The zero-order chi connectivity index (χ0) is 21.3. The lowest BCUT2D eigenvalue weighted by molar-refractivity contribution is 0.102. The number of thiazole rings is 1. The third-order valence-corrected chi connectivity index (χ3v) is 6.06. The molecule has 0 atom stereocenters. The van der Waals surface area contributed by atoms with Crippen molar-refractivity contribution in [3.05, 3.63) is 63.9 Å². The van der Waals surface area contributed by atoms with E-state index in [4.69, 9.17) is 0 Å². The van der Waals surface area contributed by atoms with Gasteiger partial charge in [-0.05, 0) is 43.2 Å². The predicted octanol–water partition coefficient (Wildman–Crippen LogP) is 5.07. The molecule has 0 unspecified atom stereocenters. The minimum absolute atomic E-state index is 0.249. The SMILES string of the molecule is CCCCCn1c(=O)c(C(=O)Nc2nc3ccc(C)cc3s2)c(O)c2ccccc21. The second kappa shape index (κ2) is 8.28. The van der Waals surface area contributed by atoms with Gasteiger partial charge in [-0.15, -0.1) is 0 Å². The van der Waals surface area contributed by atoms with Gasteiger partial charge in [0.1, 0.15) is 11.3 Å². The highest BCUT2D eigenvalue weighted by molar-refractivity contribution is 7.22. The number of aromatic nitrogens is 2. The molecule has 1 amide bonds. The number of pyridine rings is 1. The number of hydrogen-bond donors (Lipinski definition) is 2. The topological polar surface area (TPSA) is 84.2 Å². The van der Waals surface area contributed by atoms with Gasteiger partial charge in [0.2, 0.25) is 0 Å². The Morgan fingerprint density at radius 3 is 2.80 bits per heavy atom. The summed E-state index contributed by atoms with van der Waals surface area (Å²) in [6, 6.07) is 13.0. The summed E-state index contributed by atoms with van der Waals surface area (Å²) in [4.78, 5) is 30.6. The number of benzene rings is 2. The van der Waals surface area contributed by atoms with Crippen molar-refractivity contribution in [2.24, 2.45) is 0 Å². The Hall–Kier alpha value is -3.19. The maximum absolute atomic E-state index is 13.2. The molecule has 2 heterocycles. The fourth-order valence-corrected chi connectivity index (χ4v) is 4.54. The van der Waals surface area contributed by atoms with Gasteiger partial charge < -0.3 is 9.67 Å². The van der Waals surface area contributed by atoms with E-state index in [0.717, 1.165) is 35.0 Å². The van der Waals surface area contributed by atoms with Gasteiger partial charge in [0.15, 0.2) is 5.13 Å². The number of aryl methyl sites for hydroxylation is 2. The lowest BCUT2D eigenvalue weighted by Gasteiger charge is -2.14. The molecule has 6 nitrogen and oxygen atoms in total. The monoisotopic (exact) mass is 421 g/mol. The van der Waals surface area contributed by atoms with Gasteiger partial charge in [-0.25, -0.2) is 4.98 Å². The number of nitrogens with one attached hydrogen (secondary N) is 1. The van der Waals surface area contributed by atoms with Crippen molar-refractivity contribution in [3.63, 3.8) is 0 Å². The van der Waals surface area contributed by atoms with E-state index in [9.17, 15) is 14.7 Å². The first-order chi connectivity index (χ1) is 14.5. The maximum Gasteiger partial charge on any atom is 0.267 e. The van der Waals surface area contributed by atoms with Gasteiger partial charge in [-0.1, -0.05) is 49.3 Å². The molecule has 2 aromatic heterocycles. The first-order valence-electron chi connectivity index (χ1n) is 10.0. The summed E-state index contributed by atoms with van der Waals surface area (Å²) in [6.45, 7) is 4.58. The summed E-state index contributed by atoms with van der Waals surface area (Å²) in [5.74, 6) is -0.944. The molecule has 0 radical (unpaired) electrons. The van der Waals surface area contributed by atoms with Gasteiger partial charge in [0, 0.05) is 11.9 Å². The zero-order valence-corrected chi connectivity index (χ0v) is 17.8. The van der Waals surface area contributed by atoms with E-state index in [1.807, 2.05) is 31.2 Å². The molecule has 4 aromatic rings. The summed E-state index contributed by atoms with van der Waals surface area (Å²) >= 11 is 1.34. The minimum atomic E-state index is -0.650. The minimum Gasteiger partial charge on any atom is -0.506 e. The van der Waals surface area contributed by atoms with E-state index in [1.165, 1.54) is 11.3 Å².